The zero-order chi connectivity index (χ0) is 19.1. The SMILES string of the molecule is CCOC(=O)c1cnn2c1ncc1c(=O)n(-c3cccc(C)c3C)ccc12. The summed E-state index contributed by atoms with van der Waals surface area (Å²) in [6, 6.07) is 7.65. The Balaban J connectivity index is 1.95. The van der Waals surface area contributed by atoms with E-state index in [0.717, 1.165) is 16.8 Å². The van der Waals surface area contributed by atoms with Crippen LogP contribution >= 0.6 is 0 Å². The van der Waals surface area contributed by atoms with Crippen LogP contribution in [-0.4, -0.2) is 31.7 Å². The van der Waals surface area contributed by atoms with Crippen LogP contribution in [0, 0.1) is 13.8 Å². The number of nitrogens with zero attached hydrogens (tertiary/aromatic N) is 4. The molecule has 0 amide bonds. The van der Waals surface area contributed by atoms with Crippen molar-refractivity contribution < 1.29 is 9.53 Å². The molecular formula is C20H18N4O3. The fourth-order valence-electron chi connectivity index (χ4n) is 3.16. The molecule has 0 spiro atoms. The first-order valence-corrected chi connectivity index (χ1v) is 8.64. The zero-order valence-corrected chi connectivity index (χ0v) is 15.3. The minimum atomic E-state index is -0.483. The van der Waals surface area contributed by atoms with Crippen molar-refractivity contribution in [1.29, 1.82) is 0 Å². The number of fused-ring (bicyclic) bond motifs is 3. The number of pyridine rings is 1. The molecule has 4 rings (SSSR count). The molecule has 0 saturated carbocycles. The number of aromatic nitrogens is 4. The molecule has 0 saturated heterocycles. The maximum Gasteiger partial charge on any atom is 0.343 e. The molecular weight excluding hydrogens is 344 g/mol. The minimum absolute atomic E-state index is 0.191. The monoisotopic (exact) mass is 362 g/mol. The van der Waals surface area contributed by atoms with Crippen molar-refractivity contribution in [3.63, 3.8) is 0 Å². The predicted octanol–water partition coefficient (Wildman–Crippen LogP) is 2.83. The van der Waals surface area contributed by atoms with Gasteiger partial charge in [0.05, 0.1) is 29.4 Å². The molecule has 0 fully saturated rings. The second-order valence-corrected chi connectivity index (χ2v) is 6.28. The second kappa shape index (κ2) is 6.35. The van der Waals surface area contributed by atoms with Crippen LogP contribution in [0.1, 0.15) is 28.4 Å². The van der Waals surface area contributed by atoms with Crippen LogP contribution in [0.25, 0.3) is 22.2 Å². The normalized spacial score (nSPS) is 11.2. The maximum atomic E-state index is 13.1. The van der Waals surface area contributed by atoms with Crippen molar-refractivity contribution in [2.45, 2.75) is 20.8 Å². The number of ether oxygens (including phenoxy) is 1. The quantitative estimate of drug-likeness (QED) is 0.524. The molecule has 0 bridgehead atoms. The van der Waals surface area contributed by atoms with E-state index in [4.69, 9.17) is 4.74 Å². The van der Waals surface area contributed by atoms with E-state index in [0.29, 0.717) is 16.6 Å². The Bertz CT molecular complexity index is 1250. The number of carbonyl (C=O) groups excluding carboxylic acids is 1. The number of carbonyl (C=O) groups is 1. The van der Waals surface area contributed by atoms with Gasteiger partial charge in [-0.2, -0.15) is 5.10 Å². The van der Waals surface area contributed by atoms with Gasteiger partial charge >= 0.3 is 5.97 Å². The third-order valence-corrected chi connectivity index (χ3v) is 4.73. The minimum Gasteiger partial charge on any atom is -0.462 e. The molecule has 27 heavy (non-hydrogen) atoms. The van der Waals surface area contributed by atoms with Crippen LogP contribution in [0.4, 0.5) is 0 Å². The van der Waals surface area contributed by atoms with E-state index in [1.165, 1.54) is 16.9 Å². The number of rotatable bonds is 3. The van der Waals surface area contributed by atoms with Crippen molar-refractivity contribution >= 4 is 22.5 Å². The summed E-state index contributed by atoms with van der Waals surface area (Å²) in [5.41, 5.74) is 4.01. The first-order valence-electron chi connectivity index (χ1n) is 8.64. The van der Waals surface area contributed by atoms with Gasteiger partial charge in [-0.05, 0) is 44.0 Å². The fraction of sp³-hybridized carbons (Fsp3) is 0.200. The van der Waals surface area contributed by atoms with Crippen molar-refractivity contribution in [3.8, 4) is 5.69 Å². The van der Waals surface area contributed by atoms with E-state index in [1.807, 2.05) is 32.0 Å². The molecule has 0 aliphatic carbocycles. The molecule has 0 aliphatic heterocycles. The summed E-state index contributed by atoms with van der Waals surface area (Å²) in [5, 5.41) is 4.65. The van der Waals surface area contributed by atoms with E-state index in [2.05, 4.69) is 10.1 Å². The van der Waals surface area contributed by atoms with E-state index < -0.39 is 5.97 Å². The number of esters is 1. The van der Waals surface area contributed by atoms with Gasteiger partial charge in [-0.15, -0.1) is 0 Å². The fourth-order valence-corrected chi connectivity index (χ4v) is 3.16. The summed E-state index contributed by atoms with van der Waals surface area (Å²) >= 11 is 0. The van der Waals surface area contributed by atoms with Crippen molar-refractivity contribution in [2.24, 2.45) is 0 Å². The number of aryl methyl sites for hydroxylation is 1. The van der Waals surface area contributed by atoms with Crippen molar-refractivity contribution in [2.75, 3.05) is 6.61 Å². The molecule has 7 heteroatoms. The Kier molecular flexibility index (Phi) is 3.99. The molecule has 3 aromatic heterocycles. The van der Waals surface area contributed by atoms with Gasteiger partial charge in [0.2, 0.25) is 0 Å². The van der Waals surface area contributed by atoms with E-state index >= 15 is 0 Å². The number of benzene rings is 1. The topological polar surface area (TPSA) is 78.5 Å². The molecule has 7 nitrogen and oxygen atoms in total. The van der Waals surface area contributed by atoms with Crippen LogP contribution in [-0.2, 0) is 4.74 Å². The molecule has 4 aromatic rings. The number of hydrogen-bond donors (Lipinski definition) is 0. The summed E-state index contributed by atoms with van der Waals surface area (Å²) in [6.45, 7) is 6.00. The van der Waals surface area contributed by atoms with Gasteiger partial charge in [-0.3, -0.25) is 9.36 Å². The molecule has 0 radical (unpaired) electrons. The average Bonchev–Trinajstić information content (AvgIpc) is 3.09. The molecule has 0 atom stereocenters. The van der Waals surface area contributed by atoms with E-state index in [9.17, 15) is 9.59 Å². The Hall–Kier alpha value is -3.48. The van der Waals surface area contributed by atoms with Crippen molar-refractivity contribution in [1.82, 2.24) is 19.2 Å². The van der Waals surface area contributed by atoms with Crippen LogP contribution in [0.2, 0.25) is 0 Å². The van der Waals surface area contributed by atoms with Gasteiger partial charge in [0.25, 0.3) is 5.56 Å². The van der Waals surface area contributed by atoms with Gasteiger partial charge in [0, 0.05) is 12.4 Å². The summed E-state index contributed by atoms with van der Waals surface area (Å²) in [5.74, 6) is -0.483. The smallest absolute Gasteiger partial charge is 0.343 e. The summed E-state index contributed by atoms with van der Waals surface area (Å²) in [6.07, 6.45) is 4.62. The molecule has 0 aliphatic rings. The largest absolute Gasteiger partial charge is 0.462 e. The Morgan fingerprint density at radius 1 is 1.19 bits per heavy atom. The standard InChI is InChI=1S/C20H18N4O3/c1-4-27-20(26)15-11-22-24-17-8-9-23(16-7-5-6-12(2)13(16)3)19(25)14(17)10-21-18(15)24/h5-11H,4H2,1-3H3. The summed E-state index contributed by atoms with van der Waals surface area (Å²) in [4.78, 5) is 29.4. The zero-order valence-electron chi connectivity index (χ0n) is 15.3. The van der Waals surface area contributed by atoms with Gasteiger partial charge in [-0.1, -0.05) is 12.1 Å². The molecule has 1 aromatic carbocycles. The Morgan fingerprint density at radius 3 is 2.78 bits per heavy atom. The highest BCUT2D eigenvalue weighted by atomic mass is 16.5. The lowest BCUT2D eigenvalue weighted by Gasteiger charge is -2.12. The highest BCUT2D eigenvalue weighted by molar-refractivity contribution is 5.97. The van der Waals surface area contributed by atoms with Gasteiger partial charge in [-0.25, -0.2) is 14.3 Å². The summed E-state index contributed by atoms with van der Waals surface area (Å²) < 4.78 is 8.13. The first kappa shape index (κ1) is 17.0. The Morgan fingerprint density at radius 2 is 2.00 bits per heavy atom. The third-order valence-electron chi connectivity index (χ3n) is 4.73. The first-order chi connectivity index (χ1) is 13.0. The number of hydrogen-bond acceptors (Lipinski definition) is 5. The highest BCUT2D eigenvalue weighted by Crippen LogP contribution is 2.19. The third kappa shape index (κ3) is 2.59. The van der Waals surface area contributed by atoms with E-state index in [1.54, 1.807) is 23.8 Å². The summed E-state index contributed by atoms with van der Waals surface area (Å²) in [7, 11) is 0. The van der Waals surface area contributed by atoms with Crippen LogP contribution < -0.4 is 5.56 Å². The van der Waals surface area contributed by atoms with Crippen LogP contribution in [0.5, 0.6) is 0 Å². The van der Waals surface area contributed by atoms with Crippen LogP contribution in [0.3, 0.4) is 0 Å². The highest BCUT2D eigenvalue weighted by Gasteiger charge is 2.18. The molecule has 0 N–H and O–H groups in total. The predicted molar refractivity (Wildman–Crippen MR) is 102 cm³/mol. The lowest BCUT2D eigenvalue weighted by molar-refractivity contribution is 0.0528. The molecule has 136 valence electrons. The van der Waals surface area contributed by atoms with Gasteiger partial charge in [0.1, 0.15) is 5.56 Å². The average molecular weight is 362 g/mol. The second-order valence-electron chi connectivity index (χ2n) is 6.28. The molecule has 3 heterocycles. The van der Waals surface area contributed by atoms with E-state index in [-0.39, 0.29) is 17.7 Å². The van der Waals surface area contributed by atoms with Gasteiger partial charge in [0.15, 0.2) is 5.65 Å². The lowest BCUT2D eigenvalue weighted by Crippen LogP contribution is -2.20. The van der Waals surface area contributed by atoms with Crippen molar-refractivity contribution in [3.05, 3.63) is 69.9 Å². The lowest BCUT2D eigenvalue weighted by atomic mass is 10.1. The van der Waals surface area contributed by atoms with Gasteiger partial charge < -0.3 is 4.74 Å². The molecule has 0 unspecified atom stereocenters. The maximum absolute atomic E-state index is 13.1. The van der Waals surface area contributed by atoms with Crippen LogP contribution in [0.15, 0.2) is 47.7 Å². The Labute approximate surface area is 154 Å².